The van der Waals surface area contributed by atoms with Gasteiger partial charge in [0.05, 0.1) is 6.33 Å². The van der Waals surface area contributed by atoms with Crippen LogP contribution in [0.15, 0.2) is 77.5 Å². The van der Waals surface area contributed by atoms with Crippen molar-refractivity contribution in [3.63, 3.8) is 0 Å². The van der Waals surface area contributed by atoms with Crippen LogP contribution in [0.4, 0.5) is 0 Å². The summed E-state index contributed by atoms with van der Waals surface area (Å²) in [6.07, 6.45) is 4.39. The molecule has 9 amide bonds. The van der Waals surface area contributed by atoms with Crippen molar-refractivity contribution in [2.45, 2.75) is 120 Å². The zero-order valence-electron chi connectivity index (χ0n) is 41.9. The molecule has 0 spiro atoms. The molecule has 2 aromatic heterocycles. The molecule has 0 aliphatic heterocycles. The molecule has 0 saturated heterocycles. The minimum atomic E-state index is -1.38. The van der Waals surface area contributed by atoms with Crippen LogP contribution in [-0.4, -0.2) is 135 Å². The van der Waals surface area contributed by atoms with Gasteiger partial charge in [-0.3, -0.25) is 48.1 Å². The lowest BCUT2D eigenvalue weighted by atomic mass is 10.0. The third-order valence-electron chi connectivity index (χ3n) is 11.7. The number of fused-ring (bicyclic) bond motifs is 1. The van der Waals surface area contributed by atoms with E-state index in [2.05, 4.69) is 82.8 Å². The van der Waals surface area contributed by atoms with Gasteiger partial charge in [-0.1, -0.05) is 68.3 Å². The van der Waals surface area contributed by atoms with E-state index in [-0.39, 0.29) is 56.1 Å². The van der Waals surface area contributed by atoms with Gasteiger partial charge in [-0.05, 0) is 54.1 Å². The van der Waals surface area contributed by atoms with Crippen molar-refractivity contribution >= 4 is 106 Å². The number of imidazole rings is 1. The van der Waals surface area contributed by atoms with Crippen LogP contribution in [0.2, 0.25) is 0 Å². The highest BCUT2D eigenvalue weighted by Crippen LogP contribution is 2.27. The van der Waals surface area contributed by atoms with Gasteiger partial charge in [0.1, 0.15) is 48.3 Å². The summed E-state index contributed by atoms with van der Waals surface area (Å²) in [4.78, 5) is 133. The van der Waals surface area contributed by atoms with E-state index < -0.39 is 101 Å². The monoisotopic (exact) mass is 1090 g/mol. The van der Waals surface area contributed by atoms with Crippen LogP contribution in [0.25, 0.3) is 10.1 Å². The van der Waals surface area contributed by atoms with E-state index in [0.29, 0.717) is 24.1 Å². The second kappa shape index (κ2) is 30.9. The molecule has 406 valence electrons. The van der Waals surface area contributed by atoms with Crippen LogP contribution in [0.1, 0.15) is 69.7 Å². The summed E-state index contributed by atoms with van der Waals surface area (Å²) in [6.45, 7) is 4.64. The van der Waals surface area contributed by atoms with Crippen LogP contribution in [-0.2, 0) is 62.4 Å². The number of rotatable bonds is 31. The van der Waals surface area contributed by atoms with Crippen LogP contribution >= 0.6 is 36.6 Å². The first kappa shape index (κ1) is 60.4. The number of thiophene rings is 1. The number of thiol groups is 2. The first-order valence-electron chi connectivity index (χ1n) is 24.3. The first-order chi connectivity index (χ1) is 35.8. The summed E-state index contributed by atoms with van der Waals surface area (Å²) >= 11 is 9.83. The fourth-order valence-corrected chi connectivity index (χ4v) is 9.14. The quantitative estimate of drug-likeness (QED) is 0.0127. The smallest absolute Gasteiger partial charge is 0.244 e. The molecule has 0 aliphatic carbocycles. The Morgan fingerprint density at radius 2 is 1.15 bits per heavy atom. The highest BCUT2D eigenvalue weighted by molar-refractivity contribution is 7.80. The molecule has 0 radical (unpaired) electrons. The largest absolute Gasteiger partial charge is 0.370 e. The number of nitrogens with zero attached hydrogens (tertiary/aromatic N) is 2. The van der Waals surface area contributed by atoms with Gasteiger partial charge in [0.15, 0.2) is 5.96 Å². The molecule has 0 unspecified atom stereocenters. The predicted octanol–water partition coefficient (Wildman–Crippen LogP) is -0.841. The summed E-state index contributed by atoms with van der Waals surface area (Å²) in [7, 11) is 0. The summed E-state index contributed by atoms with van der Waals surface area (Å²) in [6, 6.07) is 6.24. The number of guanidine groups is 1. The predicted molar refractivity (Wildman–Crippen MR) is 291 cm³/mol. The maximum atomic E-state index is 14.6. The first-order valence-corrected chi connectivity index (χ1v) is 26.4. The number of amides is 9. The number of carbonyl (C=O) groups excluding carboxylic acids is 9. The Morgan fingerprint density at radius 1 is 0.627 bits per heavy atom. The molecule has 75 heavy (non-hydrogen) atoms. The van der Waals surface area contributed by atoms with Gasteiger partial charge in [0.2, 0.25) is 53.2 Å². The van der Waals surface area contributed by atoms with Gasteiger partial charge in [-0.15, -0.1) is 11.3 Å². The van der Waals surface area contributed by atoms with Gasteiger partial charge in [-0.2, -0.15) is 25.3 Å². The minimum Gasteiger partial charge on any atom is -0.370 e. The number of aromatic nitrogens is 2. The third kappa shape index (κ3) is 19.9. The topological polar surface area (TPSA) is 369 Å². The molecule has 23 nitrogen and oxygen atoms in total. The second-order valence-electron chi connectivity index (χ2n) is 17.6. The molecule has 0 aliphatic rings. The van der Waals surface area contributed by atoms with E-state index in [1.807, 2.05) is 36.6 Å². The van der Waals surface area contributed by atoms with Gasteiger partial charge in [0.25, 0.3) is 0 Å². The number of primary amides is 1. The van der Waals surface area contributed by atoms with E-state index in [4.69, 9.17) is 17.2 Å². The van der Waals surface area contributed by atoms with Crippen LogP contribution in [0.5, 0.6) is 0 Å². The molecular formula is C49H68N14O9S3. The number of carbonyl (C=O) groups is 9. The number of unbranched alkanes of at least 4 members (excludes halogenated alkanes) is 1. The van der Waals surface area contributed by atoms with Gasteiger partial charge >= 0.3 is 0 Å². The SMILES string of the molecule is CCCC[C@H](NC(C)=O)C(=O)N[C@@H](CS)C(=O)N[C@H](C)C(=O)N[C@@H](Cc1cnc[nH]1)C(=O)N[C@H](Cc1ccccc1)C(=O)N[C@@H](CCCN=C(N)N)C(=O)N[C@@H](Cc1csc2ccccc12)C(=O)N[C@@H](CS)C(N)=O. The Labute approximate surface area is 449 Å². The molecule has 15 N–H and O–H groups in total. The summed E-state index contributed by atoms with van der Waals surface area (Å²) in [5.74, 6) is -7.09. The number of hydrogen-bond donors (Lipinski definition) is 14. The third-order valence-corrected chi connectivity index (χ3v) is 13.4. The van der Waals surface area contributed by atoms with E-state index >= 15 is 0 Å². The summed E-state index contributed by atoms with van der Waals surface area (Å²) in [5.41, 5.74) is 18.4. The van der Waals surface area contributed by atoms with Crippen LogP contribution in [0.3, 0.4) is 0 Å². The molecule has 2 aromatic carbocycles. The van der Waals surface area contributed by atoms with Crippen molar-refractivity contribution in [3.8, 4) is 0 Å². The standard InChI is InChI=1S/C49H68N14O9S3/c1-4-5-15-33(57-28(3)64)43(67)63-39(24-74)48(72)56-27(2)42(66)59-37(21-31-22-53-26-55-31)47(71)60-35(19-29-12-7-6-8-13-29)45(69)58-34(16-11-18-54-49(51)52)44(68)61-36(46(70)62-38(23-73)41(50)65)20-30-25-75-40-17-10-9-14-32(30)40/h6-10,12-14,17,22,25-27,33-39,73-74H,4-5,11,15-16,18-21,23-24H2,1-3H3,(H2,50,65)(H,53,55)(H,56,72)(H,57,64)(H,58,69)(H,59,66)(H,60,71)(H,61,68)(H,62,70)(H,63,67)(H4,51,52,54)/t27-,33+,34+,35-,36+,37+,38+,39+/m1/s1. The highest BCUT2D eigenvalue weighted by atomic mass is 32.1. The lowest BCUT2D eigenvalue weighted by Gasteiger charge is -2.27. The molecular weight excluding hydrogens is 1020 g/mol. The van der Waals surface area contributed by atoms with Crippen LogP contribution < -0.4 is 59.7 Å². The minimum absolute atomic E-state index is 0.0153. The average molecular weight is 1090 g/mol. The average Bonchev–Trinajstić information content (AvgIpc) is 4.06. The Hall–Kier alpha value is -7.19. The summed E-state index contributed by atoms with van der Waals surface area (Å²) in [5, 5.41) is 23.9. The van der Waals surface area contributed by atoms with Crippen molar-refractivity contribution in [2.24, 2.45) is 22.2 Å². The molecule has 8 atom stereocenters. The molecule has 26 heteroatoms. The van der Waals surface area contributed by atoms with Gasteiger partial charge in [-0.25, -0.2) is 4.98 Å². The fourth-order valence-electron chi connectivity index (χ4n) is 7.64. The van der Waals surface area contributed by atoms with Gasteiger partial charge < -0.3 is 64.7 Å². The van der Waals surface area contributed by atoms with Gasteiger partial charge in [0, 0.05) is 60.8 Å². The number of benzene rings is 2. The Kier molecular flexibility index (Phi) is 24.8. The van der Waals surface area contributed by atoms with Crippen molar-refractivity contribution in [2.75, 3.05) is 18.1 Å². The van der Waals surface area contributed by atoms with Crippen molar-refractivity contribution in [1.29, 1.82) is 0 Å². The van der Waals surface area contributed by atoms with E-state index in [1.165, 1.54) is 37.7 Å². The Morgan fingerprint density at radius 3 is 1.73 bits per heavy atom. The second-order valence-corrected chi connectivity index (χ2v) is 19.3. The zero-order valence-corrected chi connectivity index (χ0v) is 44.5. The molecule has 4 rings (SSSR count). The lowest BCUT2D eigenvalue weighted by molar-refractivity contribution is -0.135. The number of nitrogens with one attached hydrogen (secondary N) is 9. The number of nitrogens with two attached hydrogens (primary N) is 3. The van der Waals surface area contributed by atoms with E-state index in [1.54, 1.807) is 30.3 Å². The number of H-pyrrole nitrogens is 1. The molecule has 0 bridgehead atoms. The van der Waals surface area contributed by atoms with Crippen molar-refractivity contribution in [1.82, 2.24) is 52.5 Å². The van der Waals surface area contributed by atoms with Crippen molar-refractivity contribution in [3.05, 3.63) is 89.3 Å². The van der Waals surface area contributed by atoms with Crippen molar-refractivity contribution < 1.29 is 43.2 Å². The summed E-state index contributed by atoms with van der Waals surface area (Å²) < 4.78 is 0.935. The number of aliphatic imine (C=N–C) groups is 1. The molecule has 2 heterocycles. The highest BCUT2D eigenvalue weighted by Gasteiger charge is 2.34. The maximum absolute atomic E-state index is 14.6. The van der Waals surface area contributed by atoms with E-state index in [9.17, 15) is 43.2 Å². The molecule has 4 aromatic rings. The zero-order chi connectivity index (χ0) is 55.0. The lowest BCUT2D eigenvalue weighted by Crippen LogP contribution is -2.61. The normalized spacial score (nSPS) is 14.2. The molecule has 0 saturated carbocycles. The van der Waals surface area contributed by atoms with E-state index in [0.717, 1.165) is 22.1 Å². The number of hydrogen-bond acceptors (Lipinski definition) is 14. The Balaban J connectivity index is 1.60. The number of aromatic amines is 1. The Bertz CT molecular complexity index is 2600. The maximum Gasteiger partial charge on any atom is 0.244 e. The fraction of sp³-hybridized carbons (Fsp3) is 0.449. The molecule has 0 fully saturated rings. The van der Waals surface area contributed by atoms with Crippen LogP contribution in [0, 0.1) is 0 Å².